The number of rotatable bonds is 1. The van der Waals surface area contributed by atoms with E-state index in [2.05, 4.69) is 16.8 Å². The Morgan fingerprint density at radius 2 is 2.38 bits per heavy atom. The SMILES string of the molecule is Cc1cc(F)cnc1C#CCCO. The van der Waals surface area contributed by atoms with Crippen molar-refractivity contribution in [1.29, 1.82) is 0 Å². The summed E-state index contributed by atoms with van der Waals surface area (Å²) in [6, 6.07) is 1.38. The summed E-state index contributed by atoms with van der Waals surface area (Å²) in [5, 5.41) is 8.47. The number of aliphatic hydroxyl groups is 1. The van der Waals surface area contributed by atoms with E-state index < -0.39 is 0 Å². The zero-order valence-electron chi connectivity index (χ0n) is 7.34. The zero-order valence-corrected chi connectivity index (χ0v) is 7.34. The van der Waals surface area contributed by atoms with Crippen molar-refractivity contribution < 1.29 is 9.50 Å². The van der Waals surface area contributed by atoms with Crippen LogP contribution in [0.2, 0.25) is 0 Å². The summed E-state index contributed by atoms with van der Waals surface area (Å²) >= 11 is 0. The molecule has 0 unspecified atom stereocenters. The van der Waals surface area contributed by atoms with E-state index in [0.29, 0.717) is 17.7 Å². The predicted molar refractivity (Wildman–Crippen MR) is 47.5 cm³/mol. The number of aryl methyl sites for hydroxylation is 1. The molecule has 0 spiro atoms. The van der Waals surface area contributed by atoms with Gasteiger partial charge in [-0.15, -0.1) is 0 Å². The molecule has 68 valence electrons. The molecule has 0 saturated heterocycles. The molecule has 0 saturated carbocycles. The van der Waals surface area contributed by atoms with Crippen molar-refractivity contribution in [1.82, 2.24) is 4.98 Å². The summed E-state index contributed by atoms with van der Waals surface area (Å²) in [5.41, 5.74) is 1.28. The molecule has 0 radical (unpaired) electrons. The third-order valence-corrected chi connectivity index (χ3v) is 1.49. The quantitative estimate of drug-likeness (QED) is 0.658. The van der Waals surface area contributed by atoms with Gasteiger partial charge in [0.1, 0.15) is 11.5 Å². The fourth-order valence-corrected chi connectivity index (χ4v) is 0.873. The Morgan fingerprint density at radius 1 is 1.62 bits per heavy atom. The van der Waals surface area contributed by atoms with Crippen LogP contribution in [-0.4, -0.2) is 16.7 Å². The van der Waals surface area contributed by atoms with E-state index in [1.807, 2.05) is 0 Å². The number of hydrogen-bond acceptors (Lipinski definition) is 2. The summed E-state index contributed by atoms with van der Waals surface area (Å²) in [5.74, 6) is 5.12. The smallest absolute Gasteiger partial charge is 0.141 e. The first-order valence-electron chi connectivity index (χ1n) is 3.96. The second-order valence-electron chi connectivity index (χ2n) is 2.59. The second kappa shape index (κ2) is 4.58. The van der Waals surface area contributed by atoms with Crippen molar-refractivity contribution in [3.05, 3.63) is 29.3 Å². The standard InChI is InChI=1S/C10H10FNO/c1-8-6-9(11)7-12-10(8)4-2-3-5-13/h6-7,13H,3,5H2,1H3. The van der Waals surface area contributed by atoms with E-state index in [1.165, 1.54) is 6.07 Å². The molecular weight excluding hydrogens is 169 g/mol. The van der Waals surface area contributed by atoms with Gasteiger partial charge in [0.05, 0.1) is 12.8 Å². The number of aromatic nitrogens is 1. The first kappa shape index (κ1) is 9.69. The fraction of sp³-hybridized carbons (Fsp3) is 0.300. The van der Waals surface area contributed by atoms with Crippen LogP contribution in [0.3, 0.4) is 0 Å². The first-order chi connectivity index (χ1) is 6.24. The van der Waals surface area contributed by atoms with Crippen LogP contribution in [0.15, 0.2) is 12.3 Å². The number of nitrogens with zero attached hydrogens (tertiary/aromatic N) is 1. The Hall–Kier alpha value is -1.40. The number of pyridine rings is 1. The van der Waals surface area contributed by atoms with Gasteiger partial charge < -0.3 is 5.11 Å². The van der Waals surface area contributed by atoms with Crippen molar-refractivity contribution in [2.24, 2.45) is 0 Å². The number of hydrogen-bond donors (Lipinski definition) is 1. The molecule has 1 aromatic heterocycles. The largest absolute Gasteiger partial charge is 0.395 e. The Bertz CT molecular complexity index is 352. The van der Waals surface area contributed by atoms with Crippen LogP contribution in [0.25, 0.3) is 0 Å². The molecule has 0 aliphatic heterocycles. The minimum absolute atomic E-state index is 0.0350. The molecule has 0 aromatic carbocycles. The molecule has 0 amide bonds. The lowest BCUT2D eigenvalue weighted by Crippen LogP contribution is -1.89. The molecule has 1 heterocycles. The van der Waals surface area contributed by atoms with E-state index >= 15 is 0 Å². The monoisotopic (exact) mass is 179 g/mol. The lowest BCUT2D eigenvalue weighted by molar-refractivity contribution is 0.305. The topological polar surface area (TPSA) is 33.1 Å². The average molecular weight is 179 g/mol. The molecule has 0 aliphatic carbocycles. The highest BCUT2D eigenvalue weighted by molar-refractivity contribution is 5.34. The molecule has 3 heteroatoms. The molecule has 13 heavy (non-hydrogen) atoms. The summed E-state index contributed by atoms with van der Waals surface area (Å²) in [4.78, 5) is 3.82. The summed E-state index contributed by atoms with van der Waals surface area (Å²) < 4.78 is 12.6. The van der Waals surface area contributed by atoms with Gasteiger partial charge >= 0.3 is 0 Å². The van der Waals surface area contributed by atoms with Crippen LogP contribution in [0.1, 0.15) is 17.7 Å². The third-order valence-electron chi connectivity index (χ3n) is 1.49. The van der Waals surface area contributed by atoms with E-state index in [0.717, 1.165) is 6.20 Å². The Balaban J connectivity index is 2.85. The Morgan fingerprint density at radius 3 is 3.00 bits per heavy atom. The highest BCUT2D eigenvalue weighted by Gasteiger charge is 1.96. The van der Waals surface area contributed by atoms with E-state index in [9.17, 15) is 4.39 Å². The van der Waals surface area contributed by atoms with E-state index in [4.69, 9.17) is 5.11 Å². The minimum atomic E-state index is -0.356. The van der Waals surface area contributed by atoms with Crippen molar-refractivity contribution in [2.75, 3.05) is 6.61 Å². The average Bonchev–Trinajstić information content (AvgIpc) is 2.09. The molecule has 1 rings (SSSR count). The van der Waals surface area contributed by atoms with Gasteiger partial charge in [-0.25, -0.2) is 9.37 Å². The highest BCUT2D eigenvalue weighted by Crippen LogP contribution is 2.04. The van der Waals surface area contributed by atoms with Gasteiger partial charge in [0.25, 0.3) is 0 Å². The normalized spacial score (nSPS) is 9.15. The predicted octanol–water partition coefficient (Wildman–Crippen LogP) is 1.26. The van der Waals surface area contributed by atoms with Crippen LogP contribution in [0.4, 0.5) is 4.39 Å². The number of halogens is 1. The molecule has 0 atom stereocenters. The van der Waals surface area contributed by atoms with Crippen molar-refractivity contribution in [3.8, 4) is 11.8 Å². The molecule has 1 N–H and O–H groups in total. The van der Waals surface area contributed by atoms with Crippen LogP contribution >= 0.6 is 0 Å². The molecule has 2 nitrogen and oxygen atoms in total. The molecule has 0 bridgehead atoms. The van der Waals surface area contributed by atoms with Gasteiger partial charge in [-0.1, -0.05) is 5.92 Å². The van der Waals surface area contributed by atoms with Crippen LogP contribution in [-0.2, 0) is 0 Å². The van der Waals surface area contributed by atoms with Gasteiger partial charge in [0.2, 0.25) is 0 Å². The first-order valence-corrected chi connectivity index (χ1v) is 3.96. The molecule has 0 aliphatic rings. The zero-order chi connectivity index (χ0) is 9.68. The van der Waals surface area contributed by atoms with Gasteiger partial charge in [0.15, 0.2) is 0 Å². The fourth-order valence-electron chi connectivity index (χ4n) is 0.873. The van der Waals surface area contributed by atoms with Gasteiger partial charge in [-0.2, -0.15) is 0 Å². The maximum atomic E-state index is 12.6. The van der Waals surface area contributed by atoms with Crippen LogP contribution < -0.4 is 0 Å². The van der Waals surface area contributed by atoms with E-state index in [-0.39, 0.29) is 12.4 Å². The number of aliphatic hydroxyl groups excluding tert-OH is 1. The summed E-state index contributed by atoms with van der Waals surface area (Å²) in [6.45, 7) is 1.78. The van der Waals surface area contributed by atoms with E-state index in [1.54, 1.807) is 6.92 Å². The van der Waals surface area contributed by atoms with Gasteiger partial charge in [-0.3, -0.25) is 0 Å². The van der Waals surface area contributed by atoms with Gasteiger partial charge in [-0.05, 0) is 24.5 Å². The van der Waals surface area contributed by atoms with Crippen LogP contribution in [0.5, 0.6) is 0 Å². The Kier molecular flexibility index (Phi) is 3.41. The summed E-state index contributed by atoms with van der Waals surface area (Å²) in [7, 11) is 0. The Labute approximate surface area is 76.4 Å². The van der Waals surface area contributed by atoms with Crippen molar-refractivity contribution >= 4 is 0 Å². The summed E-state index contributed by atoms with van der Waals surface area (Å²) in [6.07, 6.45) is 1.55. The third kappa shape index (κ3) is 2.85. The van der Waals surface area contributed by atoms with Crippen molar-refractivity contribution in [3.63, 3.8) is 0 Å². The maximum Gasteiger partial charge on any atom is 0.141 e. The second-order valence-corrected chi connectivity index (χ2v) is 2.59. The van der Waals surface area contributed by atoms with Crippen molar-refractivity contribution in [2.45, 2.75) is 13.3 Å². The highest BCUT2D eigenvalue weighted by atomic mass is 19.1. The minimum Gasteiger partial charge on any atom is -0.395 e. The maximum absolute atomic E-state index is 12.6. The lowest BCUT2D eigenvalue weighted by Gasteiger charge is -1.95. The molecule has 0 fully saturated rings. The molecular formula is C10H10FNO. The molecule has 1 aromatic rings. The lowest BCUT2D eigenvalue weighted by atomic mass is 10.2. The van der Waals surface area contributed by atoms with Gasteiger partial charge in [0, 0.05) is 6.42 Å². The van der Waals surface area contributed by atoms with Crippen LogP contribution in [0, 0.1) is 24.6 Å².